The second-order valence-corrected chi connectivity index (χ2v) is 3.50. The summed E-state index contributed by atoms with van der Waals surface area (Å²) >= 11 is 0. The number of rotatable bonds is 2. The van der Waals surface area contributed by atoms with Crippen molar-refractivity contribution >= 4 is 11.0 Å². The van der Waals surface area contributed by atoms with Crippen molar-refractivity contribution in [2.24, 2.45) is 0 Å². The van der Waals surface area contributed by atoms with Gasteiger partial charge in [0.05, 0.1) is 6.61 Å². The maximum absolute atomic E-state index is 12.0. The van der Waals surface area contributed by atoms with Crippen LogP contribution in [0.15, 0.2) is 22.6 Å². The highest BCUT2D eigenvalue weighted by molar-refractivity contribution is 5.83. The van der Waals surface area contributed by atoms with E-state index < -0.39 is 6.36 Å². The number of alkyl halides is 3. The maximum Gasteiger partial charge on any atom is 0.573 e. The number of aliphatic hydroxyl groups is 1. The summed E-state index contributed by atoms with van der Waals surface area (Å²) in [5, 5.41) is 9.53. The van der Waals surface area contributed by atoms with Gasteiger partial charge in [-0.3, -0.25) is 0 Å². The first-order valence-corrected chi connectivity index (χ1v) is 4.79. The van der Waals surface area contributed by atoms with E-state index in [2.05, 4.69) is 4.74 Å². The van der Waals surface area contributed by atoms with Crippen LogP contribution in [0.3, 0.4) is 0 Å². The Hall–Kier alpha value is -1.69. The van der Waals surface area contributed by atoms with Crippen molar-refractivity contribution in [2.75, 3.05) is 0 Å². The highest BCUT2D eigenvalue weighted by Crippen LogP contribution is 2.31. The third-order valence-corrected chi connectivity index (χ3v) is 2.36. The van der Waals surface area contributed by atoms with Crippen molar-refractivity contribution in [2.45, 2.75) is 19.9 Å². The van der Waals surface area contributed by atoms with Gasteiger partial charge in [0.1, 0.15) is 17.1 Å². The molecule has 1 N–H and O–H groups in total. The van der Waals surface area contributed by atoms with Crippen LogP contribution < -0.4 is 4.74 Å². The van der Waals surface area contributed by atoms with Crippen LogP contribution >= 0.6 is 0 Å². The molecule has 0 amide bonds. The first-order valence-electron chi connectivity index (χ1n) is 4.79. The van der Waals surface area contributed by atoms with E-state index in [9.17, 15) is 13.2 Å². The Labute approximate surface area is 94.4 Å². The zero-order valence-corrected chi connectivity index (χ0v) is 8.84. The molecule has 2 aromatic rings. The number of furan rings is 1. The molecule has 0 saturated heterocycles. The standard InChI is InChI=1S/C11H9F3O3/c1-6-9(5-15)8-4-7(17-11(12,13)14)2-3-10(8)16-6/h2-4,15H,5H2,1H3. The van der Waals surface area contributed by atoms with Gasteiger partial charge in [-0.25, -0.2) is 0 Å². The number of fused-ring (bicyclic) bond motifs is 1. The molecule has 0 aliphatic rings. The zero-order valence-electron chi connectivity index (χ0n) is 8.84. The van der Waals surface area contributed by atoms with Crippen LogP contribution in [-0.2, 0) is 6.61 Å². The van der Waals surface area contributed by atoms with Crippen molar-refractivity contribution in [3.8, 4) is 5.75 Å². The van der Waals surface area contributed by atoms with E-state index in [1.54, 1.807) is 6.92 Å². The Balaban J connectivity index is 2.49. The zero-order chi connectivity index (χ0) is 12.6. The van der Waals surface area contributed by atoms with E-state index in [-0.39, 0.29) is 12.4 Å². The van der Waals surface area contributed by atoms with Gasteiger partial charge in [-0.2, -0.15) is 0 Å². The van der Waals surface area contributed by atoms with E-state index in [0.717, 1.165) is 0 Å². The summed E-state index contributed by atoms with van der Waals surface area (Å²) in [5.74, 6) is 0.146. The molecule has 3 nitrogen and oxygen atoms in total. The molecule has 2 rings (SSSR count). The smallest absolute Gasteiger partial charge is 0.461 e. The molecular weight excluding hydrogens is 237 g/mol. The summed E-state index contributed by atoms with van der Waals surface area (Å²) in [6.45, 7) is 1.34. The van der Waals surface area contributed by atoms with E-state index in [1.165, 1.54) is 18.2 Å². The van der Waals surface area contributed by atoms with E-state index in [4.69, 9.17) is 9.52 Å². The molecule has 1 heterocycles. The Bertz CT molecular complexity index is 543. The van der Waals surface area contributed by atoms with Crippen molar-refractivity contribution in [1.29, 1.82) is 0 Å². The summed E-state index contributed by atoms with van der Waals surface area (Å²) in [4.78, 5) is 0. The Morgan fingerprint density at radius 2 is 2.06 bits per heavy atom. The summed E-state index contributed by atoms with van der Waals surface area (Å²) in [6.07, 6.45) is -4.73. The van der Waals surface area contributed by atoms with Crippen LogP contribution in [0.5, 0.6) is 5.75 Å². The third-order valence-electron chi connectivity index (χ3n) is 2.36. The summed E-state index contributed by atoms with van der Waals surface area (Å²) in [7, 11) is 0. The van der Waals surface area contributed by atoms with E-state index in [1.807, 2.05) is 0 Å². The molecule has 92 valence electrons. The molecule has 1 aromatic heterocycles. The van der Waals surface area contributed by atoms with Crippen LogP contribution in [0.4, 0.5) is 13.2 Å². The SMILES string of the molecule is Cc1oc2ccc(OC(F)(F)F)cc2c1CO. The van der Waals surface area contributed by atoms with Crippen molar-refractivity contribution in [3.05, 3.63) is 29.5 Å². The number of aliphatic hydroxyl groups excluding tert-OH is 1. The van der Waals surface area contributed by atoms with Crippen molar-refractivity contribution < 1.29 is 27.4 Å². The molecule has 0 aliphatic carbocycles. The predicted octanol–water partition coefficient (Wildman–Crippen LogP) is 3.13. The lowest BCUT2D eigenvalue weighted by Crippen LogP contribution is -2.16. The van der Waals surface area contributed by atoms with Gasteiger partial charge < -0.3 is 14.3 Å². The molecule has 0 aliphatic heterocycles. The van der Waals surface area contributed by atoms with Gasteiger partial charge in [-0.15, -0.1) is 13.2 Å². The van der Waals surface area contributed by atoms with Crippen LogP contribution in [0.25, 0.3) is 11.0 Å². The molecule has 0 atom stereocenters. The van der Waals surface area contributed by atoms with Crippen LogP contribution in [-0.4, -0.2) is 11.5 Å². The van der Waals surface area contributed by atoms with Gasteiger partial charge in [0.2, 0.25) is 0 Å². The van der Waals surface area contributed by atoms with Gasteiger partial charge in [-0.1, -0.05) is 0 Å². The minimum absolute atomic E-state index is 0.297. The fourth-order valence-corrected chi connectivity index (χ4v) is 1.64. The van der Waals surface area contributed by atoms with Gasteiger partial charge in [0, 0.05) is 10.9 Å². The third kappa shape index (κ3) is 2.36. The Kier molecular flexibility index (Phi) is 2.74. The largest absolute Gasteiger partial charge is 0.573 e. The quantitative estimate of drug-likeness (QED) is 0.885. The van der Waals surface area contributed by atoms with Gasteiger partial charge >= 0.3 is 6.36 Å². The van der Waals surface area contributed by atoms with E-state index in [0.29, 0.717) is 22.3 Å². The van der Waals surface area contributed by atoms with Crippen molar-refractivity contribution in [1.82, 2.24) is 0 Å². The number of halogens is 3. The van der Waals surface area contributed by atoms with E-state index >= 15 is 0 Å². The van der Waals surface area contributed by atoms with Gasteiger partial charge in [-0.05, 0) is 25.1 Å². The number of hydrogen-bond donors (Lipinski definition) is 1. The normalized spacial score (nSPS) is 12.1. The highest BCUT2D eigenvalue weighted by Gasteiger charge is 2.31. The number of benzene rings is 1. The maximum atomic E-state index is 12.0. The molecule has 1 aromatic carbocycles. The average Bonchev–Trinajstić information content (AvgIpc) is 2.50. The summed E-state index contributed by atoms with van der Waals surface area (Å²) in [5.41, 5.74) is 0.883. The second kappa shape index (κ2) is 3.96. The predicted molar refractivity (Wildman–Crippen MR) is 53.6 cm³/mol. The fraction of sp³-hybridized carbons (Fsp3) is 0.273. The first kappa shape index (κ1) is 11.8. The minimum Gasteiger partial charge on any atom is -0.461 e. The Morgan fingerprint density at radius 3 is 2.65 bits per heavy atom. The molecule has 0 fully saturated rings. The number of hydrogen-bond acceptors (Lipinski definition) is 3. The average molecular weight is 246 g/mol. The minimum atomic E-state index is -4.73. The molecule has 6 heteroatoms. The first-order chi connectivity index (χ1) is 7.90. The molecule has 0 bridgehead atoms. The van der Waals surface area contributed by atoms with Gasteiger partial charge in [0.15, 0.2) is 0 Å². The van der Waals surface area contributed by atoms with Crippen LogP contribution in [0.2, 0.25) is 0 Å². The van der Waals surface area contributed by atoms with Crippen molar-refractivity contribution in [3.63, 3.8) is 0 Å². The molecule has 0 unspecified atom stereocenters. The molecule has 0 radical (unpaired) electrons. The lowest BCUT2D eigenvalue weighted by molar-refractivity contribution is -0.274. The number of ether oxygens (including phenoxy) is 1. The van der Waals surface area contributed by atoms with Crippen LogP contribution in [0.1, 0.15) is 11.3 Å². The lowest BCUT2D eigenvalue weighted by Gasteiger charge is -2.08. The molecule has 0 spiro atoms. The Morgan fingerprint density at radius 1 is 1.35 bits per heavy atom. The molecule has 0 saturated carbocycles. The van der Waals surface area contributed by atoms with Gasteiger partial charge in [0.25, 0.3) is 0 Å². The molecule has 17 heavy (non-hydrogen) atoms. The topological polar surface area (TPSA) is 42.6 Å². The molecular formula is C11H9F3O3. The fourth-order valence-electron chi connectivity index (χ4n) is 1.64. The summed E-state index contributed by atoms with van der Waals surface area (Å²) < 4.78 is 45.2. The second-order valence-electron chi connectivity index (χ2n) is 3.50. The van der Waals surface area contributed by atoms with Crippen LogP contribution in [0, 0.1) is 6.92 Å². The highest BCUT2D eigenvalue weighted by atomic mass is 19.4. The number of aryl methyl sites for hydroxylation is 1. The monoisotopic (exact) mass is 246 g/mol. The summed E-state index contributed by atoms with van der Waals surface area (Å²) in [6, 6.07) is 3.74. The lowest BCUT2D eigenvalue weighted by atomic mass is 10.1.